The summed E-state index contributed by atoms with van der Waals surface area (Å²) in [5.41, 5.74) is 0. The van der Waals surface area contributed by atoms with Gasteiger partial charge in [0.05, 0.1) is 5.92 Å². The summed E-state index contributed by atoms with van der Waals surface area (Å²) in [6, 6.07) is 0.489. The van der Waals surface area contributed by atoms with Gasteiger partial charge in [-0.2, -0.15) is 16.7 Å². The Balaban J connectivity index is 1.93. The van der Waals surface area contributed by atoms with E-state index in [1.54, 1.807) is 0 Å². The van der Waals surface area contributed by atoms with Crippen LogP contribution in [0.25, 0.3) is 0 Å². The second-order valence-corrected chi connectivity index (χ2v) is 6.76. The van der Waals surface area contributed by atoms with E-state index in [1.807, 2.05) is 11.8 Å². The summed E-state index contributed by atoms with van der Waals surface area (Å²) in [5, 5.41) is 7.72. The Hall–Kier alpha value is -0.550. The van der Waals surface area contributed by atoms with Crippen molar-refractivity contribution in [3.8, 4) is 0 Å². The van der Waals surface area contributed by atoms with Gasteiger partial charge in [-0.3, -0.25) is 0 Å². The topological polar surface area (TPSA) is 51.0 Å². The van der Waals surface area contributed by atoms with E-state index in [4.69, 9.17) is 4.52 Å². The first-order valence-electron chi connectivity index (χ1n) is 7.34. The molecule has 0 aliphatic carbocycles. The number of nitrogens with zero attached hydrogens (tertiary/aromatic N) is 2. The van der Waals surface area contributed by atoms with E-state index in [1.165, 1.54) is 0 Å². The van der Waals surface area contributed by atoms with Crippen molar-refractivity contribution in [1.82, 2.24) is 15.5 Å². The highest BCUT2D eigenvalue weighted by Crippen LogP contribution is 2.32. The minimum Gasteiger partial charge on any atom is -0.339 e. The van der Waals surface area contributed by atoms with Crippen LogP contribution in [0.2, 0.25) is 0 Å². The summed E-state index contributed by atoms with van der Waals surface area (Å²) in [4.78, 5) is 4.59. The second-order valence-electron chi connectivity index (χ2n) is 5.69. The smallest absolute Gasteiger partial charge is 0.232 e. The number of aromatic nitrogens is 2. The lowest BCUT2D eigenvalue weighted by Crippen LogP contribution is -2.34. The van der Waals surface area contributed by atoms with Crippen molar-refractivity contribution in [1.29, 1.82) is 0 Å². The number of nitrogens with one attached hydrogen (secondary N) is 1. The van der Waals surface area contributed by atoms with Gasteiger partial charge in [0.25, 0.3) is 0 Å². The zero-order valence-corrected chi connectivity index (χ0v) is 13.0. The quantitative estimate of drug-likeness (QED) is 0.834. The molecule has 1 aromatic heterocycles. The highest BCUT2D eigenvalue weighted by Gasteiger charge is 2.32. The number of hydrogen-bond acceptors (Lipinski definition) is 5. The van der Waals surface area contributed by atoms with Gasteiger partial charge in [0.2, 0.25) is 5.89 Å². The fourth-order valence-corrected chi connectivity index (χ4v) is 3.63. The molecule has 1 aliphatic rings. The van der Waals surface area contributed by atoms with E-state index in [9.17, 15) is 0 Å². The number of aryl methyl sites for hydroxylation is 1. The zero-order valence-electron chi connectivity index (χ0n) is 12.2. The molecule has 2 unspecified atom stereocenters. The van der Waals surface area contributed by atoms with Gasteiger partial charge >= 0.3 is 0 Å². The molecule has 0 bridgehead atoms. The fourth-order valence-electron chi connectivity index (χ4n) is 2.27. The Morgan fingerprint density at radius 3 is 3.00 bits per heavy atom. The first-order chi connectivity index (χ1) is 9.20. The summed E-state index contributed by atoms with van der Waals surface area (Å²) < 4.78 is 5.48. The van der Waals surface area contributed by atoms with Gasteiger partial charge in [-0.1, -0.05) is 25.9 Å². The lowest BCUT2D eigenvalue weighted by molar-refractivity contribution is 0.335. The maximum atomic E-state index is 5.48. The minimum atomic E-state index is 0.386. The molecule has 0 radical (unpaired) electrons. The Morgan fingerprint density at radius 2 is 2.26 bits per heavy atom. The van der Waals surface area contributed by atoms with Gasteiger partial charge < -0.3 is 9.84 Å². The Labute approximate surface area is 120 Å². The molecule has 1 saturated heterocycles. The standard InChI is InChI=1S/C14H25N3OS/c1-4-7-15-12-9-19-8-11(12)14-16-13(17-18-14)6-5-10(2)3/h10-12,15H,4-9H2,1-3H3. The van der Waals surface area contributed by atoms with E-state index in [0.29, 0.717) is 17.9 Å². The number of thioether (sulfide) groups is 1. The Kier molecular flexibility index (Phi) is 5.70. The largest absolute Gasteiger partial charge is 0.339 e. The van der Waals surface area contributed by atoms with Gasteiger partial charge in [-0.15, -0.1) is 0 Å². The molecule has 1 aromatic rings. The van der Waals surface area contributed by atoms with Crippen molar-refractivity contribution in [2.75, 3.05) is 18.1 Å². The van der Waals surface area contributed by atoms with Crippen LogP contribution in [-0.2, 0) is 6.42 Å². The lowest BCUT2D eigenvalue weighted by atomic mass is 10.0. The molecular formula is C14H25N3OS. The third kappa shape index (κ3) is 4.21. The van der Waals surface area contributed by atoms with Gasteiger partial charge in [0, 0.05) is 24.0 Å². The number of hydrogen-bond donors (Lipinski definition) is 1. The molecule has 0 spiro atoms. The van der Waals surface area contributed by atoms with Crippen LogP contribution >= 0.6 is 11.8 Å². The maximum absolute atomic E-state index is 5.48. The van der Waals surface area contributed by atoms with Crippen LogP contribution in [0, 0.1) is 5.92 Å². The Bertz CT molecular complexity index is 381. The molecule has 0 saturated carbocycles. The highest BCUT2D eigenvalue weighted by molar-refractivity contribution is 7.99. The molecule has 0 amide bonds. The molecule has 1 fully saturated rings. The van der Waals surface area contributed by atoms with E-state index < -0.39 is 0 Å². The maximum Gasteiger partial charge on any atom is 0.232 e. The molecule has 1 N–H and O–H groups in total. The first-order valence-corrected chi connectivity index (χ1v) is 8.49. The molecule has 2 rings (SSSR count). The average Bonchev–Trinajstić information content (AvgIpc) is 3.02. The molecule has 1 aliphatic heterocycles. The van der Waals surface area contributed by atoms with Crippen molar-refractivity contribution in [3.05, 3.63) is 11.7 Å². The van der Waals surface area contributed by atoms with Crippen LogP contribution in [0.3, 0.4) is 0 Å². The third-order valence-electron chi connectivity index (χ3n) is 3.48. The van der Waals surface area contributed by atoms with Crippen molar-refractivity contribution in [3.63, 3.8) is 0 Å². The first kappa shape index (κ1) is 14.9. The average molecular weight is 283 g/mol. The molecule has 2 heterocycles. The van der Waals surface area contributed by atoms with Crippen LogP contribution in [0.4, 0.5) is 0 Å². The molecule has 5 heteroatoms. The van der Waals surface area contributed by atoms with Crippen LogP contribution in [0.5, 0.6) is 0 Å². The van der Waals surface area contributed by atoms with Crippen LogP contribution in [0.1, 0.15) is 51.2 Å². The molecule has 4 nitrogen and oxygen atoms in total. The summed E-state index contributed by atoms with van der Waals surface area (Å²) in [6.07, 6.45) is 3.21. The van der Waals surface area contributed by atoms with Gasteiger partial charge in [0.15, 0.2) is 5.82 Å². The zero-order chi connectivity index (χ0) is 13.7. The molecule has 108 valence electrons. The molecule has 19 heavy (non-hydrogen) atoms. The normalized spacial score (nSPS) is 23.4. The van der Waals surface area contributed by atoms with Gasteiger partial charge in [0.1, 0.15) is 0 Å². The summed E-state index contributed by atoms with van der Waals surface area (Å²) in [7, 11) is 0. The molecule has 0 aromatic carbocycles. The fraction of sp³-hybridized carbons (Fsp3) is 0.857. The molecular weight excluding hydrogens is 258 g/mol. The van der Waals surface area contributed by atoms with Gasteiger partial charge in [-0.25, -0.2) is 0 Å². The monoisotopic (exact) mass is 283 g/mol. The molecule has 2 atom stereocenters. The predicted molar refractivity (Wildman–Crippen MR) is 79.6 cm³/mol. The van der Waals surface area contributed by atoms with Gasteiger partial charge in [-0.05, 0) is 25.3 Å². The van der Waals surface area contributed by atoms with Crippen molar-refractivity contribution < 1.29 is 4.52 Å². The van der Waals surface area contributed by atoms with E-state index in [-0.39, 0.29) is 0 Å². The van der Waals surface area contributed by atoms with E-state index >= 15 is 0 Å². The van der Waals surface area contributed by atoms with Crippen molar-refractivity contribution in [2.24, 2.45) is 5.92 Å². The number of rotatable bonds is 7. The summed E-state index contributed by atoms with van der Waals surface area (Å²) in [5.74, 6) is 5.01. The summed E-state index contributed by atoms with van der Waals surface area (Å²) >= 11 is 1.97. The SMILES string of the molecule is CCCNC1CSCC1c1nc(CCC(C)C)no1. The predicted octanol–water partition coefficient (Wildman–Crippen LogP) is 2.86. The van der Waals surface area contributed by atoms with Crippen LogP contribution < -0.4 is 5.32 Å². The Morgan fingerprint density at radius 1 is 1.42 bits per heavy atom. The van der Waals surface area contributed by atoms with Crippen molar-refractivity contribution in [2.45, 2.75) is 52.0 Å². The minimum absolute atomic E-state index is 0.386. The van der Waals surface area contributed by atoms with E-state index in [0.717, 1.165) is 49.0 Å². The van der Waals surface area contributed by atoms with E-state index in [2.05, 4.69) is 36.2 Å². The highest BCUT2D eigenvalue weighted by atomic mass is 32.2. The summed E-state index contributed by atoms with van der Waals surface area (Å²) in [6.45, 7) is 7.70. The third-order valence-corrected chi connectivity index (χ3v) is 4.67. The lowest BCUT2D eigenvalue weighted by Gasteiger charge is -2.16. The van der Waals surface area contributed by atoms with Crippen LogP contribution in [-0.4, -0.2) is 34.2 Å². The van der Waals surface area contributed by atoms with Crippen molar-refractivity contribution >= 4 is 11.8 Å². The van der Waals surface area contributed by atoms with Crippen LogP contribution in [0.15, 0.2) is 4.52 Å². The second kappa shape index (κ2) is 7.29.